The molecule has 3 N–H and O–H groups in total. The Morgan fingerprint density at radius 1 is 1.50 bits per heavy atom. The van der Waals surface area contributed by atoms with E-state index in [0.29, 0.717) is 5.01 Å². The third-order valence-electron chi connectivity index (χ3n) is 1.93. The SMILES string of the molecule is Nc1sc(-c2cccc(I)c2)nc1C(=O)O. The molecule has 6 heteroatoms. The number of hydrogen-bond acceptors (Lipinski definition) is 4. The predicted octanol–water partition coefficient (Wildman–Crippen LogP) is 2.70. The summed E-state index contributed by atoms with van der Waals surface area (Å²) in [6.45, 7) is 0. The predicted molar refractivity (Wildman–Crippen MR) is 71.6 cm³/mol. The summed E-state index contributed by atoms with van der Waals surface area (Å²) in [4.78, 5) is 14.8. The third-order valence-corrected chi connectivity index (χ3v) is 3.53. The van der Waals surface area contributed by atoms with Crippen LogP contribution in [-0.4, -0.2) is 16.1 Å². The average molecular weight is 346 g/mol. The van der Waals surface area contributed by atoms with Gasteiger partial charge in [0.25, 0.3) is 0 Å². The van der Waals surface area contributed by atoms with Gasteiger partial charge < -0.3 is 10.8 Å². The Morgan fingerprint density at radius 2 is 2.25 bits per heavy atom. The van der Waals surface area contributed by atoms with E-state index in [0.717, 1.165) is 9.13 Å². The Bertz CT molecular complexity index is 554. The van der Waals surface area contributed by atoms with Crippen LogP contribution in [0.15, 0.2) is 24.3 Å². The van der Waals surface area contributed by atoms with E-state index >= 15 is 0 Å². The van der Waals surface area contributed by atoms with Crippen LogP contribution in [0.5, 0.6) is 0 Å². The molecule has 82 valence electrons. The topological polar surface area (TPSA) is 76.2 Å². The van der Waals surface area contributed by atoms with E-state index < -0.39 is 5.97 Å². The standard InChI is InChI=1S/C10H7IN2O2S/c11-6-3-1-2-5(4-6)9-13-7(10(14)15)8(12)16-9/h1-4H,12H2,(H,14,15). The monoisotopic (exact) mass is 346 g/mol. The quantitative estimate of drug-likeness (QED) is 0.820. The van der Waals surface area contributed by atoms with E-state index in [1.807, 2.05) is 24.3 Å². The molecule has 0 saturated carbocycles. The number of halogens is 1. The molecule has 0 radical (unpaired) electrons. The van der Waals surface area contributed by atoms with Crippen LogP contribution in [0, 0.1) is 3.57 Å². The minimum atomic E-state index is -1.09. The summed E-state index contributed by atoms with van der Waals surface area (Å²) in [5.41, 5.74) is 6.41. The van der Waals surface area contributed by atoms with Crippen molar-refractivity contribution in [3.05, 3.63) is 33.5 Å². The van der Waals surface area contributed by atoms with Crippen molar-refractivity contribution in [2.45, 2.75) is 0 Å². The molecule has 2 aromatic rings. The summed E-state index contributed by atoms with van der Waals surface area (Å²) in [5, 5.41) is 9.71. The fourth-order valence-electron chi connectivity index (χ4n) is 1.23. The number of thiazole rings is 1. The molecule has 0 spiro atoms. The van der Waals surface area contributed by atoms with Gasteiger partial charge >= 0.3 is 5.97 Å². The lowest BCUT2D eigenvalue weighted by molar-refractivity contribution is 0.0692. The van der Waals surface area contributed by atoms with Crippen molar-refractivity contribution in [3.63, 3.8) is 0 Å². The Balaban J connectivity index is 2.49. The van der Waals surface area contributed by atoms with E-state index in [9.17, 15) is 4.79 Å². The van der Waals surface area contributed by atoms with Crippen LogP contribution in [0.2, 0.25) is 0 Å². The fourth-order valence-corrected chi connectivity index (χ4v) is 2.59. The highest BCUT2D eigenvalue weighted by atomic mass is 127. The zero-order valence-electron chi connectivity index (χ0n) is 7.98. The molecule has 2 rings (SSSR count). The van der Waals surface area contributed by atoms with Gasteiger partial charge in [0.2, 0.25) is 0 Å². The van der Waals surface area contributed by atoms with Gasteiger partial charge in [0.05, 0.1) is 0 Å². The summed E-state index contributed by atoms with van der Waals surface area (Å²) >= 11 is 3.38. The number of anilines is 1. The Labute approximate surface area is 109 Å². The first-order valence-electron chi connectivity index (χ1n) is 4.33. The molecular weight excluding hydrogens is 339 g/mol. The highest BCUT2D eigenvalue weighted by Crippen LogP contribution is 2.30. The molecule has 0 aliphatic rings. The summed E-state index contributed by atoms with van der Waals surface area (Å²) in [6.07, 6.45) is 0. The number of rotatable bonds is 2. The Kier molecular flexibility index (Phi) is 3.10. The highest BCUT2D eigenvalue weighted by molar-refractivity contribution is 14.1. The number of nitrogens with two attached hydrogens (primary N) is 1. The first-order chi connectivity index (χ1) is 7.58. The Hall–Kier alpha value is -1.15. The van der Waals surface area contributed by atoms with Crippen LogP contribution in [0.4, 0.5) is 5.00 Å². The van der Waals surface area contributed by atoms with Gasteiger partial charge in [0, 0.05) is 9.13 Å². The third kappa shape index (κ3) is 2.17. The lowest BCUT2D eigenvalue weighted by atomic mass is 10.2. The molecule has 1 heterocycles. The van der Waals surface area contributed by atoms with Crippen LogP contribution in [-0.2, 0) is 0 Å². The van der Waals surface area contributed by atoms with Crippen molar-refractivity contribution in [1.82, 2.24) is 4.98 Å². The van der Waals surface area contributed by atoms with Crippen molar-refractivity contribution in [2.24, 2.45) is 0 Å². The number of aromatic carboxylic acids is 1. The number of benzene rings is 1. The van der Waals surface area contributed by atoms with Gasteiger partial charge in [-0.25, -0.2) is 9.78 Å². The molecule has 1 aromatic carbocycles. The van der Waals surface area contributed by atoms with Crippen molar-refractivity contribution in [3.8, 4) is 10.6 Å². The molecule has 16 heavy (non-hydrogen) atoms. The van der Waals surface area contributed by atoms with E-state index in [2.05, 4.69) is 27.6 Å². The molecule has 0 bridgehead atoms. The second kappa shape index (κ2) is 4.38. The van der Waals surface area contributed by atoms with E-state index in [1.165, 1.54) is 11.3 Å². The molecular formula is C10H7IN2O2S. The van der Waals surface area contributed by atoms with Crippen LogP contribution in [0.3, 0.4) is 0 Å². The zero-order chi connectivity index (χ0) is 11.7. The maximum absolute atomic E-state index is 10.8. The van der Waals surface area contributed by atoms with Gasteiger partial charge in [-0.05, 0) is 34.7 Å². The lowest BCUT2D eigenvalue weighted by Crippen LogP contribution is -2.00. The maximum atomic E-state index is 10.8. The van der Waals surface area contributed by atoms with Crippen LogP contribution in [0.25, 0.3) is 10.6 Å². The number of carboxylic acids is 1. The average Bonchev–Trinajstić information content (AvgIpc) is 2.60. The minimum absolute atomic E-state index is 0.0705. The summed E-state index contributed by atoms with van der Waals surface area (Å²) in [5.74, 6) is -1.09. The van der Waals surface area contributed by atoms with Gasteiger partial charge in [-0.3, -0.25) is 0 Å². The maximum Gasteiger partial charge on any atom is 0.357 e. The summed E-state index contributed by atoms with van der Waals surface area (Å²) in [7, 11) is 0. The van der Waals surface area contributed by atoms with Crippen LogP contribution in [0.1, 0.15) is 10.5 Å². The summed E-state index contributed by atoms with van der Waals surface area (Å²) in [6, 6.07) is 7.67. The molecule has 0 amide bonds. The van der Waals surface area contributed by atoms with Crippen molar-refractivity contribution >= 4 is 44.9 Å². The normalized spacial score (nSPS) is 10.3. The van der Waals surface area contributed by atoms with Crippen molar-refractivity contribution < 1.29 is 9.90 Å². The highest BCUT2D eigenvalue weighted by Gasteiger charge is 2.15. The number of nitrogens with zero attached hydrogens (tertiary/aromatic N) is 1. The summed E-state index contributed by atoms with van der Waals surface area (Å²) < 4.78 is 1.07. The van der Waals surface area contributed by atoms with Crippen molar-refractivity contribution in [2.75, 3.05) is 5.73 Å². The molecule has 4 nitrogen and oxygen atoms in total. The van der Waals surface area contributed by atoms with Gasteiger partial charge in [-0.15, -0.1) is 0 Å². The first kappa shape index (κ1) is 11.3. The van der Waals surface area contributed by atoms with Crippen LogP contribution >= 0.6 is 33.9 Å². The molecule has 0 saturated heterocycles. The lowest BCUT2D eigenvalue weighted by Gasteiger charge is -1.95. The molecule has 0 aliphatic carbocycles. The number of aromatic nitrogens is 1. The largest absolute Gasteiger partial charge is 0.476 e. The number of nitrogen functional groups attached to an aromatic ring is 1. The zero-order valence-corrected chi connectivity index (χ0v) is 10.9. The number of hydrogen-bond donors (Lipinski definition) is 2. The Morgan fingerprint density at radius 3 is 2.81 bits per heavy atom. The minimum Gasteiger partial charge on any atom is -0.476 e. The van der Waals surface area contributed by atoms with E-state index in [4.69, 9.17) is 10.8 Å². The molecule has 0 atom stereocenters. The fraction of sp³-hybridized carbons (Fsp3) is 0. The van der Waals surface area contributed by atoms with Crippen LogP contribution < -0.4 is 5.73 Å². The molecule has 1 aromatic heterocycles. The van der Waals surface area contributed by atoms with E-state index in [-0.39, 0.29) is 10.7 Å². The number of carbonyl (C=O) groups is 1. The van der Waals surface area contributed by atoms with Crippen molar-refractivity contribution in [1.29, 1.82) is 0 Å². The second-order valence-corrected chi connectivity index (χ2v) is 5.32. The molecule has 0 fully saturated rings. The molecule has 0 aliphatic heterocycles. The van der Waals surface area contributed by atoms with E-state index in [1.54, 1.807) is 0 Å². The smallest absolute Gasteiger partial charge is 0.357 e. The van der Waals surface area contributed by atoms with Gasteiger partial charge in [0.1, 0.15) is 10.0 Å². The van der Waals surface area contributed by atoms with Gasteiger partial charge in [-0.2, -0.15) is 0 Å². The van der Waals surface area contributed by atoms with Gasteiger partial charge in [-0.1, -0.05) is 23.5 Å². The first-order valence-corrected chi connectivity index (χ1v) is 6.23. The molecule has 0 unspecified atom stereocenters. The second-order valence-electron chi connectivity index (χ2n) is 3.05. The number of carboxylic acid groups (broad SMARTS) is 1. The van der Waals surface area contributed by atoms with Gasteiger partial charge in [0.15, 0.2) is 5.69 Å².